The molecule has 0 saturated carbocycles. The molecular formula is C21H28N2O5. The Bertz CT molecular complexity index is 856. The van der Waals surface area contributed by atoms with Gasteiger partial charge < -0.3 is 14.6 Å². The third-order valence-electron chi connectivity index (χ3n) is 3.55. The van der Waals surface area contributed by atoms with Gasteiger partial charge in [-0.3, -0.25) is 9.88 Å². The van der Waals surface area contributed by atoms with Crippen molar-refractivity contribution in [3.8, 4) is 11.3 Å². The fraction of sp³-hybridized carbons (Fsp3) is 0.429. The lowest BCUT2D eigenvalue weighted by molar-refractivity contribution is 0.0539. The van der Waals surface area contributed by atoms with Gasteiger partial charge in [0.2, 0.25) is 0 Å². The normalized spacial score (nSPS) is 11.8. The predicted octanol–water partition coefficient (Wildman–Crippen LogP) is 4.78. The Balaban J connectivity index is 2.47. The average molecular weight is 388 g/mol. The van der Waals surface area contributed by atoms with Crippen molar-refractivity contribution in [1.29, 1.82) is 0 Å². The Morgan fingerprint density at radius 2 is 1.64 bits per heavy atom. The first-order chi connectivity index (χ1) is 12.9. The zero-order valence-electron chi connectivity index (χ0n) is 17.2. The molecule has 0 fully saturated rings. The summed E-state index contributed by atoms with van der Waals surface area (Å²) >= 11 is 0. The third kappa shape index (κ3) is 5.60. The van der Waals surface area contributed by atoms with Gasteiger partial charge in [0.25, 0.3) is 0 Å². The minimum Gasteiger partial charge on any atom is -0.444 e. The maximum atomic E-state index is 12.6. The lowest BCUT2D eigenvalue weighted by Gasteiger charge is -2.22. The molecule has 1 aromatic carbocycles. The smallest absolute Gasteiger partial charge is 0.418 e. The Hall–Kier alpha value is -2.80. The number of aliphatic hydroxyl groups is 1. The molecular weight excluding hydrogens is 360 g/mol. The van der Waals surface area contributed by atoms with Crippen molar-refractivity contribution in [2.75, 3.05) is 5.32 Å². The third-order valence-corrected chi connectivity index (χ3v) is 3.55. The highest BCUT2D eigenvalue weighted by Gasteiger charge is 2.23. The van der Waals surface area contributed by atoms with E-state index in [2.05, 4.69) is 5.32 Å². The number of aromatic nitrogens is 1. The van der Waals surface area contributed by atoms with Gasteiger partial charge in [-0.15, -0.1) is 0 Å². The molecule has 0 aliphatic heterocycles. The van der Waals surface area contributed by atoms with Gasteiger partial charge in [-0.1, -0.05) is 12.1 Å². The van der Waals surface area contributed by atoms with E-state index < -0.39 is 23.4 Å². The minimum atomic E-state index is -0.660. The SMILES string of the molecule is CC(C)(C)OC(=O)Nc1cccc(CO)c1-c1cccn1C(=O)OC(C)(C)C. The first kappa shape index (κ1) is 21.5. The van der Waals surface area contributed by atoms with Crippen molar-refractivity contribution in [2.45, 2.75) is 59.4 Å². The van der Waals surface area contributed by atoms with Gasteiger partial charge >= 0.3 is 12.2 Å². The van der Waals surface area contributed by atoms with Gasteiger partial charge in [0.1, 0.15) is 11.2 Å². The molecule has 0 spiro atoms. The van der Waals surface area contributed by atoms with E-state index in [1.165, 1.54) is 4.57 Å². The van der Waals surface area contributed by atoms with E-state index in [0.29, 0.717) is 22.5 Å². The molecule has 0 atom stereocenters. The summed E-state index contributed by atoms with van der Waals surface area (Å²) in [4.78, 5) is 24.9. The Morgan fingerprint density at radius 1 is 1.00 bits per heavy atom. The molecule has 1 heterocycles. The van der Waals surface area contributed by atoms with Crippen molar-refractivity contribution < 1.29 is 24.2 Å². The van der Waals surface area contributed by atoms with E-state index >= 15 is 0 Å². The molecule has 2 rings (SSSR count). The lowest BCUT2D eigenvalue weighted by Crippen LogP contribution is -2.28. The number of aliphatic hydroxyl groups excluding tert-OH is 1. The molecule has 2 aromatic rings. The molecule has 0 bridgehead atoms. The van der Waals surface area contributed by atoms with Crippen LogP contribution in [0.3, 0.4) is 0 Å². The number of rotatable bonds is 3. The number of nitrogens with zero attached hydrogens (tertiary/aromatic N) is 1. The van der Waals surface area contributed by atoms with Crippen molar-refractivity contribution in [3.05, 3.63) is 42.1 Å². The summed E-state index contributed by atoms with van der Waals surface area (Å²) in [7, 11) is 0. The van der Waals surface area contributed by atoms with Gasteiger partial charge in [0.15, 0.2) is 0 Å². The van der Waals surface area contributed by atoms with Gasteiger partial charge in [0, 0.05) is 11.8 Å². The summed E-state index contributed by atoms with van der Waals surface area (Å²) in [5, 5.41) is 12.5. The van der Waals surface area contributed by atoms with E-state index in [1.807, 2.05) is 0 Å². The Kier molecular flexibility index (Phi) is 6.19. The molecule has 7 nitrogen and oxygen atoms in total. The number of carbonyl (C=O) groups excluding carboxylic acids is 2. The number of hydrogen-bond donors (Lipinski definition) is 2. The maximum Gasteiger partial charge on any atom is 0.418 e. The van der Waals surface area contributed by atoms with Crippen LogP contribution in [-0.4, -0.2) is 33.1 Å². The molecule has 1 amide bonds. The average Bonchev–Trinajstić information content (AvgIpc) is 3.00. The summed E-state index contributed by atoms with van der Waals surface area (Å²) in [5.41, 5.74) is 0.667. The molecule has 2 N–H and O–H groups in total. The second kappa shape index (κ2) is 8.06. The van der Waals surface area contributed by atoms with Crippen LogP contribution in [-0.2, 0) is 16.1 Å². The van der Waals surface area contributed by atoms with Crippen LogP contribution >= 0.6 is 0 Å². The quantitative estimate of drug-likeness (QED) is 0.790. The lowest BCUT2D eigenvalue weighted by atomic mass is 10.0. The molecule has 0 radical (unpaired) electrons. The summed E-state index contributed by atoms with van der Waals surface area (Å²) in [6.45, 7) is 10.4. The van der Waals surface area contributed by atoms with Crippen LogP contribution in [0.2, 0.25) is 0 Å². The van der Waals surface area contributed by atoms with Gasteiger partial charge in [-0.25, -0.2) is 9.59 Å². The molecule has 0 saturated heterocycles. The minimum absolute atomic E-state index is 0.265. The zero-order chi connectivity index (χ0) is 21.1. The van der Waals surface area contributed by atoms with E-state index in [-0.39, 0.29) is 6.61 Å². The first-order valence-corrected chi connectivity index (χ1v) is 9.05. The monoisotopic (exact) mass is 388 g/mol. The van der Waals surface area contributed by atoms with Crippen molar-refractivity contribution >= 4 is 17.9 Å². The Labute approximate surface area is 165 Å². The summed E-state index contributed by atoms with van der Waals surface area (Å²) in [6.07, 6.45) is 0.400. The molecule has 0 unspecified atom stereocenters. The molecule has 7 heteroatoms. The van der Waals surface area contributed by atoms with Gasteiger partial charge in [-0.2, -0.15) is 0 Å². The van der Waals surface area contributed by atoms with E-state index in [1.54, 1.807) is 78.1 Å². The summed E-state index contributed by atoms with van der Waals surface area (Å²) < 4.78 is 12.1. The van der Waals surface area contributed by atoms with Crippen molar-refractivity contribution in [3.63, 3.8) is 0 Å². The molecule has 28 heavy (non-hydrogen) atoms. The fourth-order valence-electron chi connectivity index (χ4n) is 2.61. The van der Waals surface area contributed by atoms with Crippen LogP contribution in [0.4, 0.5) is 15.3 Å². The standard InChI is InChI=1S/C21H28N2O5/c1-20(2,3)27-18(25)22-15-10-7-9-14(13-24)17(15)16-11-8-12-23(16)19(26)28-21(4,5)6/h7-12,24H,13H2,1-6H3,(H,22,25). The fourth-order valence-corrected chi connectivity index (χ4v) is 2.61. The van der Waals surface area contributed by atoms with E-state index in [0.717, 1.165) is 0 Å². The molecule has 0 aliphatic carbocycles. The highest BCUT2D eigenvalue weighted by molar-refractivity contribution is 5.93. The van der Waals surface area contributed by atoms with Crippen molar-refractivity contribution in [2.24, 2.45) is 0 Å². The topological polar surface area (TPSA) is 89.8 Å². The number of amides is 1. The largest absolute Gasteiger partial charge is 0.444 e. The summed E-state index contributed by atoms with van der Waals surface area (Å²) in [6, 6.07) is 8.54. The Morgan fingerprint density at radius 3 is 2.21 bits per heavy atom. The molecule has 152 valence electrons. The van der Waals surface area contributed by atoms with E-state index in [9.17, 15) is 14.7 Å². The van der Waals surface area contributed by atoms with Crippen molar-refractivity contribution in [1.82, 2.24) is 4.57 Å². The van der Waals surface area contributed by atoms with Gasteiger partial charge in [-0.05, 0) is 65.3 Å². The second-order valence-corrected chi connectivity index (χ2v) is 8.37. The molecule has 1 aromatic heterocycles. The predicted molar refractivity (Wildman–Crippen MR) is 107 cm³/mol. The summed E-state index contributed by atoms with van der Waals surface area (Å²) in [5.74, 6) is 0. The second-order valence-electron chi connectivity index (χ2n) is 8.37. The number of carbonyl (C=O) groups is 2. The van der Waals surface area contributed by atoms with Crippen LogP contribution in [0.5, 0.6) is 0 Å². The number of anilines is 1. The first-order valence-electron chi connectivity index (χ1n) is 9.05. The van der Waals surface area contributed by atoms with Gasteiger partial charge in [0.05, 0.1) is 18.0 Å². The van der Waals surface area contributed by atoms with E-state index in [4.69, 9.17) is 9.47 Å². The van der Waals surface area contributed by atoms with Crippen LogP contribution < -0.4 is 5.32 Å². The number of hydrogen-bond acceptors (Lipinski definition) is 5. The van der Waals surface area contributed by atoms with Crippen LogP contribution in [0, 0.1) is 0 Å². The molecule has 0 aliphatic rings. The van der Waals surface area contributed by atoms with Crippen LogP contribution in [0.15, 0.2) is 36.5 Å². The number of benzene rings is 1. The number of ether oxygens (including phenoxy) is 2. The highest BCUT2D eigenvalue weighted by atomic mass is 16.6. The van der Waals surface area contributed by atoms with Crippen LogP contribution in [0.1, 0.15) is 47.1 Å². The highest BCUT2D eigenvalue weighted by Crippen LogP contribution is 2.33. The zero-order valence-corrected chi connectivity index (χ0v) is 17.2. The maximum absolute atomic E-state index is 12.6. The number of nitrogens with one attached hydrogen (secondary N) is 1. The van der Waals surface area contributed by atoms with Crippen LogP contribution in [0.25, 0.3) is 11.3 Å².